The predicted octanol–water partition coefficient (Wildman–Crippen LogP) is 6.80. The Morgan fingerprint density at radius 1 is 0.800 bits per heavy atom. The molecule has 1 rings (SSSR count). The maximum absolute atomic E-state index is 4.21. The quantitative estimate of drug-likeness (QED) is 0.390. The molecule has 0 spiro atoms. The smallest absolute Gasteiger partial charge is 0.103 e. The second-order valence-corrected chi connectivity index (χ2v) is 7.39. The Hall–Kier alpha value is -0.195. The summed E-state index contributed by atoms with van der Waals surface area (Å²) in [6.07, 6.45) is 17.8. The molecule has 1 heteroatoms. The third-order valence-electron chi connectivity index (χ3n) is 5.34. The van der Waals surface area contributed by atoms with Crippen molar-refractivity contribution in [1.82, 2.24) is 0 Å². The van der Waals surface area contributed by atoms with E-state index in [0.717, 1.165) is 5.92 Å². The van der Waals surface area contributed by atoms with Gasteiger partial charge < -0.3 is 0 Å². The van der Waals surface area contributed by atoms with Gasteiger partial charge in [-0.2, -0.15) is 0 Å². The molecule has 20 heavy (non-hydrogen) atoms. The fraction of sp³-hybridized carbons (Fsp3) is 0.895. The third kappa shape index (κ3) is 6.50. The third-order valence-corrected chi connectivity index (χ3v) is 5.34. The molecule has 0 aromatic heterocycles. The SMILES string of the molecule is C=CC1([B]C(C)C(C)C)CCCCCCCCCCC1. The van der Waals surface area contributed by atoms with Gasteiger partial charge in [0, 0.05) is 0 Å². The summed E-state index contributed by atoms with van der Waals surface area (Å²) in [6.45, 7) is 11.3. The predicted molar refractivity (Wildman–Crippen MR) is 93.7 cm³/mol. The highest BCUT2D eigenvalue weighted by Crippen LogP contribution is 2.43. The molecule has 1 fully saturated rings. The van der Waals surface area contributed by atoms with Crippen molar-refractivity contribution in [2.75, 3.05) is 0 Å². The van der Waals surface area contributed by atoms with Gasteiger partial charge in [-0.15, -0.1) is 6.58 Å². The summed E-state index contributed by atoms with van der Waals surface area (Å²) in [5.41, 5.74) is 0. The van der Waals surface area contributed by atoms with Crippen LogP contribution in [0.5, 0.6) is 0 Å². The number of rotatable bonds is 4. The molecule has 1 unspecified atom stereocenters. The summed E-state index contributed by atoms with van der Waals surface area (Å²) in [5.74, 6) is 1.44. The first-order chi connectivity index (χ1) is 9.59. The van der Waals surface area contributed by atoms with Crippen molar-refractivity contribution < 1.29 is 0 Å². The number of hydrogen-bond donors (Lipinski definition) is 0. The summed E-state index contributed by atoms with van der Waals surface area (Å²) < 4.78 is 0. The van der Waals surface area contributed by atoms with Crippen LogP contribution in [0, 0.1) is 5.92 Å². The van der Waals surface area contributed by atoms with Crippen molar-refractivity contribution in [3.05, 3.63) is 12.7 Å². The summed E-state index contributed by atoms with van der Waals surface area (Å²) in [6, 6.07) is 0. The van der Waals surface area contributed by atoms with Crippen LogP contribution < -0.4 is 0 Å². The molecule has 0 aliphatic heterocycles. The van der Waals surface area contributed by atoms with Crippen molar-refractivity contribution in [1.29, 1.82) is 0 Å². The van der Waals surface area contributed by atoms with Crippen molar-refractivity contribution in [3.63, 3.8) is 0 Å². The zero-order chi connectivity index (χ0) is 14.8. The highest BCUT2D eigenvalue weighted by atomic mass is 14.2. The lowest BCUT2D eigenvalue weighted by Gasteiger charge is -2.34. The highest BCUT2D eigenvalue weighted by molar-refractivity contribution is 6.42. The molecule has 0 aromatic rings. The van der Waals surface area contributed by atoms with E-state index in [1.807, 2.05) is 0 Å². The molecule has 0 N–H and O–H groups in total. The van der Waals surface area contributed by atoms with Crippen LogP contribution in [0.1, 0.15) is 91.4 Å². The zero-order valence-electron chi connectivity index (χ0n) is 14.3. The average Bonchev–Trinajstić information content (AvgIpc) is 2.42. The van der Waals surface area contributed by atoms with Crippen LogP contribution in [0.3, 0.4) is 0 Å². The molecule has 0 amide bonds. The van der Waals surface area contributed by atoms with Gasteiger partial charge in [0.2, 0.25) is 0 Å². The van der Waals surface area contributed by atoms with Gasteiger partial charge in [-0.25, -0.2) is 0 Å². The molecule has 0 aromatic carbocycles. The van der Waals surface area contributed by atoms with Gasteiger partial charge in [-0.1, -0.05) is 109 Å². The van der Waals surface area contributed by atoms with Crippen molar-refractivity contribution in [3.8, 4) is 0 Å². The van der Waals surface area contributed by atoms with Crippen LogP contribution in [-0.4, -0.2) is 7.28 Å². The number of allylic oxidation sites excluding steroid dienone is 1. The molecular weight excluding hydrogens is 239 g/mol. The Balaban J connectivity index is 2.62. The van der Waals surface area contributed by atoms with E-state index in [2.05, 4.69) is 40.7 Å². The molecule has 0 bridgehead atoms. The monoisotopic (exact) mass is 275 g/mol. The first-order valence-electron chi connectivity index (χ1n) is 9.09. The van der Waals surface area contributed by atoms with Gasteiger partial charge in [-0.3, -0.25) is 0 Å². The van der Waals surface area contributed by atoms with E-state index in [9.17, 15) is 0 Å². The van der Waals surface area contributed by atoms with E-state index < -0.39 is 0 Å². The lowest BCUT2D eigenvalue weighted by Crippen LogP contribution is -2.24. The van der Waals surface area contributed by atoms with E-state index in [1.54, 1.807) is 0 Å². The van der Waals surface area contributed by atoms with E-state index in [0.29, 0.717) is 11.1 Å². The van der Waals surface area contributed by atoms with Crippen LogP contribution in [0.15, 0.2) is 12.7 Å². The van der Waals surface area contributed by atoms with E-state index in [1.165, 1.54) is 70.6 Å². The summed E-state index contributed by atoms with van der Waals surface area (Å²) in [4.78, 5) is 0. The summed E-state index contributed by atoms with van der Waals surface area (Å²) >= 11 is 0. The van der Waals surface area contributed by atoms with Crippen LogP contribution in [0.25, 0.3) is 0 Å². The zero-order valence-corrected chi connectivity index (χ0v) is 14.3. The Labute approximate surface area is 129 Å². The molecule has 1 radical (unpaired) electrons. The largest absolute Gasteiger partial charge is 0.127 e. The van der Waals surface area contributed by atoms with Crippen molar-refractivity contribution in [2.45, 2.75) is 103 Å². The summed E-state index contributed by atoms with van der Waals surface area (Å²) in [7, 11) is 2.64. The second kappa shape index (κ2) is 9.69. The molecule has 1 saturated carbocycles. The first-order valence-corrected chi connectivity index (χ1v) is 9.09. The normalized spacial score (nSPS) is 23.4. The fourth-order valence-corrected chi connectivity index (χ4v) is 3.43. The molecular formula is C19H36B. The minimum atomic E-state index is 0.308. The Morgan fingerprint density at radius 3 is 1.55 bits per heavy atom. The standard InChI is InChI=1S/C19H36B/c1-5-19(20-18(4)17(2)3)15-13-11-9-7-6-8-10-12-14-16-19/h5,17-18H,1,6-16H2,2-4H3. The van der Waals surface area contributed by atoms with Crippen LogP contribution in [-0.2, 0) is 0 Å². The van der Waals surface area contributed by atoms with Gasteiger partial charge in [-0.05, 0) is 5.31 Å². The molecule has 0 saturated heterocycles. The van der Waals surface area contributed by atoms with E-state index in [4.69, 9.17) is 0 Å². The van der Waals surface area contributed by atoms with Crippen LogP contribution in [0.4, 0.5) is 0 Å². The topological polar surface area (TPSA) is 0 Å². The van der Waals surface area contributed by atoms with E-state index in [-0.39, 0.29) is 0 Å². The van der Waals surface area contributed by atoms with Gasteiger partial charge in [0.25, 0.3) is 0 Å². The average molecular weight is 275 g/mol. The van der Waals surface area contributed by atoms with Crippen LogP contribution in [0.2, 0.25) is 11.1 Å². The van der Waals surface area contributed by atoms with Crippen molar-refractivity contribution in [2.24, 2.45) is 5.92 Å². The lowest BCUT2D eigenvalue weighted by molar-refractivity contribution is 0.452. The molecule has 0 heterocycles. The minimum Gasteiger partial charge on any atom is -0.103 e. The van der Waals surface area contributed by atoms with Gasteiger partial charge >= 0.3 is 0 Å². The maximum atomic E-state index is 4.21. The molecule has 115 valence electrons. The number of hydrogen-bond acceptors (Lipinski definition) is 0. The lowest BCUT2D eigenvalue weighted by atomic mass is 9.41. The first kappa shape index (κ1) is 17.9. The fourth-order valence-electron chi connectivity index (χ4n) is 3.43. The maximum Gasteiger partial charge on any atom is 0.127 e. The Morgan fingerprint density at radius 2 is 1.20 bits per heavy atom. The van der Waals surface area contributed by atoms with Crippen LogP contribution >= 0.6 is 0 Å². The molecule has 1 atom stereocenters. The van der Waals surface area contributed by atoms with Gasteiger partial charge in [0.15, 0.2) is 0 Å². The molecule has 1 aliphatic carbocycles. The molecule has 0 nitrogen and oxygen atoms in total. The summed E-state index contributed by atoms with van der Waals surface area (Å²) in [5, 5.41) is 0.308. The molecule has 1 aliphatic rings. The van der Waals surface area contributed by atoms with Gasteiger partial charge in [0.1, 0.15) is 7.28 Å². The van der Waals surface area contributed by atoms with E-state index >= 15 is 0 Å². The Kier molecular flexibility index (Phi) is 8.65. The van der Waals surface area contributed by atoms with Gasteiger partial charge in [0.05, 0.1) is 0 Å². The Bertz CT molecular complexity index is 244. The van der Waals surface area contributed by atoms with Crippen molar-refractivity contribution >= 4 is 7.28 Å². The second-order valence-electron chi connectivity index (χ2n) is 7.39. The highest BCUT2D eigenvalue weighted by Gasteiger charge is 2.29. The minimum absolute atomic E-state index is 0.308.